The van der Waals surface area contributed by atoms with E-state index in [1.165, 1.54) is 17.3 Å². The Morgan fingerprint density at radius 2 is 1.81 bits per heavy atom. The van der Waals surface area contributed by atoms with Crippen LogP contribution in [-0.4, -0.2) is 25.8 Å². The third kappa shape index (κ3) is 3.73. The van der Waals surface area contributed by atoms with Crippen molar-refractivity contribution in [2.45, 2.75) is 44.6 Å². The maximum atomic E-state index is 12.8. The number of hydrogen-bond acceptors (Lipinski definition) is 4. The number of Topliss-reactive ketones (excluding diaryl/α,β-unsaturated/α-hetero) is 1. The van der Waals surface area contributed by atoms with Crippen molar-refractivity contribution in [3.63, 3.8) is 0 Å². The molecule has 2 aromatic carbocycles. The molecule has 1 heterocycles. The van der Waals surface area contributed by atoms with Crippen LogP contribution < -0.4 is 0 Å². The van der Waals surface area contributed by atoms with E-state index in [1.807, 2.05) is 62.4 Å². The highest BCUT2D eigenvalue weighted by atomic mass is 32.2. The van der Waals surface area contributed by atoms with Crippen molar-refractivity contribution >= 4 is 17.5 Å². The van der Waals surface area contributed by atoms with Gasteiger partial charge in [0.05, 0.1) is 5.25 Å². The molecule has 0 amide bonds. The summed E-state index contributed by atoms with van der Waals surface area (Å²) < 4.78 is 2.06. The van der Waals surface area contributed by atoms with E-state index in [9.17, 15) is 4.79 Å². The second kappa shape index (κ2) is 7.87. The Balaban J connectivity index is 1.83. The van der Waals surface area contributed by atoms with Gasteiger partial charge in [0.1, 0.15) is 0 Å². The molecule has 0 bridgehead atoms. The molecule has 0 fully saturated rings. The fourth-order valence-electron chi connectivity index (χ4n) is 2.80. The van der Waals surface area contributed by atoms with Crippen molar-refractivity contribution in [2.75, 3.05) is 0 Å². The number of aromatic nitrogens is 3. The second-order valence-electron chi connectivity index (χ2n) is 6.34. The lowest BCUT2D eigenvalue weighted by Gasteiger charge is -2.12. The summed E-state index contributed by atoms with van der Waals surface area (Å²) in [5.74, 6) is 0.950. The lowest BCUT2D eigenvalue weighted by atomic mass is 10.0. The molecule has 1 aromatic heterocycles. The zero-order chi connectivity index (χ0) is 18.7. The maximum Gasteiger partial charge on any atom is 0.192 e. The summed E-state index contributed by atoms with van der Waals surface area (Å²) in [6.07, 6.45) is 0. The molecule has 0 unspecified atom stereocenters. The van der Waals surface area contributed by atoms with Crippen molar-refractivity contribution in [3.8, 4) is 11.4 Å². The van der Waals surface area contributed by atoms with Crippen molar-refractivity contribution in [3.05, 3.63) is 65.2 Å². The quantitative estimate of drug-likeness (QED) is 0.458. The molecule has 0 aliphatic heterocycles. The molecule has 4 nitrogen and oxygen atoms in total. The summed E-state index contributed by atoms with van der Waals surface area (Å²) in [4.78, 5) is 12.8. The first-order valence-corrected chi connectivity index (χ1v) is 9.66. The summed E-state index contributed by atoms with van der Waals surface area (Å²) >= 11 is 1.46. The number of aryl methyl sites for hydroxylation is 2. The zero-order valence-corrected chi connectivity index (χ0v) is 16.4. The fourth-order valence-corrected chi connectivity index (χ4v) is 3.79. The van der Waals surface area contributed by atoms with E-state index in [4.69, 9.17) is 0 Å². The summed E-state index contributed by atoms with van der Waals surface area (Å²) in [7, 11) is 0. The fraction of sp³-hybridized carbons (Fsp3) is 0.286. The van der Waals surface area contributed by atoms with Crippen LogP contribution in [0.15, 0.2) is 53.7 Å². The van der Waals surface area contributed by atoms with E-state index in [2.05, 4.69) is 28.6 Å². The van der Waals surface area contributed by atoms with Crippen LogP contribution in [-0.2, 0) is 6.54 Å². The topological polar surface area (TPSA) is 47.8 Å². The average Bonchev–Trinajstić information content (AvgIpc) is 3.06. The Hall–Kier alpha value is -2.40. The first-order chi connectivity index (χ1) is 12.5. The third-order valence-electron chi connectivity index (χ3n) is 4.51. The monoisotopic (exact) mass is 365 g/mol. The van der Waals surface area contributed by atoms with Crippen LogP contribution in [0.3, 0.4) is 0 Å². The first-order valence-electron chi connectivity index (χ1n) is 8.78. The number of rotatable bonds is 6. The molecule has 0 radical (unpaired) electrons. The molecule has 0 saturated carbocycles. The van der Waals surface area contributed by atoms with E-state index in [0.29, 0.717) is 0 Å². The lowest BCUT2D eigenvalue weighted by Crippen LogP contribution is -2.15. The number of ketones is 1. The van der Waals surface area contributed by atoms with Gasteiger partial charge in [0.25, 0.3) is 0 Å². The molecule has 3 rings (SSSR count). The Kier molecular flexibility index (Phi) is 5.57. The smallest absolute Gasteiger partial charge is 0.192 e. The summed E-state index contributed by atoms with van der Waals surface area (Å²) in [5.41, 5.74) is 4.11. The molecule has 1 atom stereocenters. The minimum atomic E-state index is -0.227. The van der Waals surface area contributed by atoms with E-state index >= 15 is 0 Å². The van der Waals surface area contributed by atoms with Gasteiger partial charge in [0.2, 0.25) is 0 Å². The van der Waals surface area contributed by atoms with Gasteiger partial charge in [-0.25, -0.2) is 0 Å². The van der Waals surface area contributed by atoms with Crippen LogP contribution in [0.1, 0.15) is 35.3 Å². The van der Waals surface area contributed by atoms with Crippen LogP contribution in [0.5, 0.6) is 0 Å². The predicted molar refractivity (Wildman–Crippen MR) is 107 cm³/mol. The number of benzene rings is 2. The molecular weight excluding hydrogens is 342 g/mol. The van der Waals surface area contributed by atoms with E-state index < -0.39 is 0 Å². The van der Waals surface area contributed by atoms with Gasteiger partial charge >= 0.3 is 0 Å². The number of carbonyl (C=O) groups is 1. The van der Waals surface area contributed by atoms with E-state index in [-0.39, 0.29) is 11.0 Å². The van der Waals surface area contributed by atoms with Gasteiger partial charge in [-0.3, -0.25) is 4.79 Å². The van der Waals surface area contributed by atoms with Gasteiger partial charge in [-0.15, -0.1) is 10.2 Å². The molecule has 0 aliphatic carbocycles. The normalized spacial score (nSPS) is 12.2. The molecular formula is C21H23N3OS. The Morgan fingerprint density at radius 3 is 2.46 bits per heavy atom. The van der Waals surface area contributed by atoms with E-state index in [1.54, 1.807) is 0 Å². The molecule has 3 aromatic rings. The molecule has 134 valence electrons. The first kappa shape index (κ1) is 18.4. The Morgan fingerprint density at radius 1 is 1.08 bits per heavy atom. The van der Waals surface area contributed by atoms with Crippen LogP contribution >= 0.6 is 11.8 Å². The summed E-state index contributed by atoms with van der Waals surface area (Å²) in [5, 5.41) is 9.23. The second-order valence-corrected chi connectivity index (χ2v) is 7.65. The van der Waals surface area contributed by atoms with Crippen LogP contribution in [0, 0.1) is 13.8 Å². The standard InChI is InChI=1S/C21H23N3OS/c1-5-24-20(17-9-7-6-8-10-17)22-23-21(24)26-16(4)19(25)18-12-11-14(2)15(3)13-18/h6-13,16H,5H2,1-4H3/t16-/m0/s1. The SMILES string of the molecule is CCn1c(S[C@@H](C)C(=O)c2ccc(C)c(C)c2)nnc1-c1ccccc1. The van der Waals surface area contributed by atoms with Crippen molar-refractivity contribution in [1.29, 1.82) is 0 Å². The van der Waals surface area contributed by atoms with E-state index in [0.717, 1.165) is 34.2 Å². The maximum absolute atomic E-state index is 12.8. The van der Waals surface area contributed by atoms with Gasteiger partial charge < -0.3 is 4.57 Å². The Bertz CT molecular complexity index is 918. The number of carbonyl (C=O) groups excluding carboxylic acids is 1. The highest BCUT2D eigenvalue weighted by molar-refractivity contribution is 8.00. The van der Waals surface area contributed by atoms with Gasteiger partial charge in [0.15, 0.2) is 16.8 Å². The van der Waals surface area contributed by atoms with Gasteiger partial charge in [-0.05, 0) is 44.9 Å². The van der Waals surface area contributed by atoms with Crippen LogP contribution in [0.25, 0.3) is 11.4 Å². The number of hydrogen-bond donors (Lipinski definition) is 0. The molecule has 0 N–H and O–H groups in total. The van der Waals surface area contributed by atoms with Crippen molar-refractivity contribution in [1.82, 2.24) is 14.8 Å². The van der Waals surface area contributed by atoms with Gasteiger partial charge in [-0.2, -0.15) is 0 Å². The third-order valence-corrected chi connectivity index (χ3v) is 5.59. The number of nitrogens with zero attached hydrogens (tertiary/aromatic N) is 3. The molecule has 0 spiro atoms. The predicted octanol–water partition coefficient (Wildman–Crippen LogP) is 4.95. The summed E-state index contributed by atoms with van der Waals surface area (Å²) in [6, 6.07) is 15.9. The highest BCUT2D eigenvalue weighted by Gasteiger charge is 2.21. The molecule has 5 heteroatoms. The zero-order valence-electron chi connectivity index (χ0n) is 15.6. The largest absolute Gasteiger partial charge is 0.302 e. The minimum Gasteiger partial charge on any atom is -0.302 e. The van der Waals surface area contributed by atoms with Crippen molar-refractivity contribution in [2.24, 2.45) is 0 Å². The average molecular weight is 366 g/mol. The highest BCUT2D eigenvalue weighted by Crippen LogP contribution is 2.28. The van der Waals surface area contributed by atoms with Crippen LogP contribution in [0.2, 0.25) is 0 Å². The molecule has 26 heavy (non-hydrogen) atoms. The van der Waals surface area contributed by atoms with Gasteiger partial charge in [0, 0.05) is 17.7 Å². The Labute approximate surface area is 158 Å². The molecule has 0 aliphatic rings. The number of thioether (sulfide) groups is 1. The minimum absolute atomic E-state index is 0.116. The lowest BCUT2D eigenvalue weighted by molar-refractivity contribution is 0.0993. The van der Waals surface area contributed by atoms with Crippen LogP contribution in [0.4, 0.5) is 0 Å². The van der Waals surface area contributed by atoms with Gasteiger partial charge in [-0.1, -0.05) is 54.2 Å². The van der Waals surface area contributed by atoms with Crippen molar-refractivity contribution < 1.29 is 4.79 Å². The molecule has 0 saturated heterocycles. The summed E-state index contributed by atoms with van der Waals surface area (Å²) in [6.45, 7) is 8.83.